The predicted molar refractivity (Wildman–Crippen MR) is 142 cm³/mol. The zero-order valence-corrected chi connectivity index (χ0v) is 20.9. The van der Waals surface area contributed by atoms with E-state index in [-0.39, 0.29) is 17.9 Å². The van der Waals surface area contributed by atoms with E-state index in [1.807, 2.05) is 29.9 Å². The number of nitrogens with two attached hydrogens (primary N) is 1. The molecular formula is C27H23F3N8O. The van der Waals surface area contributed by atoms with Crippen molar-refractivity contribution < 1.29 is 18.0 Å². The van der Waals surface area contributed by atoms with E-state index in [0.717, 1.165) is 30.3 Å². The highest BCUT2D eigenvalue weighted by Crippen LogP contribution is 2.31. The number of hydrogen-bond acceptors (Lipinski definition) is 7. The van der Waals surface area contributed by atoms with Gasteiger partial charge in [0.1, 0.15) is 29.4 Å². The number of nitrogens with one attached hydrogen (secondary N) is 2. The number of aryl methyl sites for hydroxylation is 1. The highest BCUT2D eigenvalue weighted by molar-refractivity contribution is 6.07. The van der Waals surface area contributed by atoms with Crippen LogP contribution in [-0.4, -0.2) is 30.4 Å². The van der Waals surface area contributed by atoms with E-state index in [0.29, 0.717) is 28.2 Å². The molecule has 39 heavy (non-hydrogen) atoms. The Hall–Kier alpha value is -5.00. The van der Waals surface area contributed by atoms with Gasteiger partial charge in [0.25, 0.3) is 11.8 Å². The number of aromatic nitrogens is 5. The molecule has 0 bridgehead atoms. The molecule has 198 valence electrons. The van der Waals surface area contributed by atoms with Crippen LogP contribution < -0.4 is 16.4 Å². The normalized spacial score (nSPS) is 11.5. The third-order valence-electron chi connectivity index (χ3n) is 6.08. The fourth-order valence-electron chi connectivity index (χ4n) is 4.05. The lowest BCUT2D eigenvalue weighted by Crippen LogP contribution is -2.18. The zero-order valence-electron chi connectivity index (χ0n) is 20.9. The summed E-state index contributed by atoms with van der Waals surface area (Å²) in [5.41, 5.74) is 8.76. The van der Waals surface area contributed by atoms with Crippen molar-refractivity contribution in [3.05, 3.63) is 89.9 Å². The molecule has 12 heteroatoms. The second kappa shape index (κ2) is 10.0. The Morgan fingerprint density at radius 3 is 2.51 bits per heavy atom. The largest absolute Gasteiger partial charge is 0.383 e. The lowest BCUT2D eigenvalue weighted by Gasteiger charge is -2.16. The predicted octanol–water partition coefficient (Wildman–Crippen LogP) is 5.12. The van der Waals surface area contributed by atoms with E-state index in [1.54, 1.807) is 6.20 Å². The molecule has 0 saturated heterocycles. The van der Waals surface area contributed by atoms with Gasteiger partial charge >= 0.3 is 0 Å². The lowest BCUT2D eigenvalue weighted by molar-refractivity contribution is 0.0171. The Labute approximate surface area is 221 Å². The van der Waals surface area contributed by atoms with Gasteiger partial charge in [0.15, 0.2) is 0 Å². The van der Waals surface area contributed by atoms with Gasteiger partial charge in [0.05, 0.1) is 16.6 Å². The van der Waals surface area contributed by atoms with Gasteiger partial charge in [-0.1, -0.05) is 6.07 Å². The Morgan fingerprint density at radius 2 is 1.82 bits per heavy atom. The Morgan fingerprint density at radius 1 is 1.05 bits per heavy atom. The number of rotatable bonds is 7. The van der Waals surface area contributed by atoms with Crippen LogP contribution in [0.25, 0.3) is 22.3 Å². The number of fused-ring (bicyclic) bond motifs is 1. The summed E-state index contributed by atoms with van der Waals surface area (Å²) in [6.07, 6.45) is 5.94. The second-order valence-corrected chi connectivity index (χ2v) is 8.99. The number of pyridine rings is 2. The van der Waals surface area contributed by atoms with Crippen molar-refractivity contribution in [1.82, 2.24) is 24.5 Å². The summed E-state index contributed by atoms with van der Waals surface area (Å²) in [7, 11) is 1.85. The summed E-state index contributed by atoms with van der Waals surface area (Å²) in [4.78, 5) is 30.0. The molecule has 0 saturated carbocycles. The Kier molecular flexibility index (Phi) is 6.60. The van der Waals surface area contributed by atoms with E-state index >= 15 is 0 Å². The number of nitrogens with zero attached hydrogens (tertiary/aromatic N) is 5. The van der Waals surface area contributed by atoms with Crippen molar-refractivity contribution in [2.45, 2.75) is 19.4 Å². The standard InChI is InChI=1S/C27H23F3N8O/c1-27(29,30)16-9-19(26(39)37-18-6-4-17(28)5-7-18)24(34-12-16)33-11-15-3-8-21(32-10-15)20-13-38(2)25-22(20)23(31)35-14-36-25/h3-10,12-14H,11H2,1-2H3,(H,33,34)(H,37,39)(H2,31,35,36). The van der Waals surface area contributed by atoms with Crippen LogP contribution in [0.15, 0.2) is 67.4 Å². The first-order chi connectivity index (χ1) is 18.6. The number of halogens is 3. The summed E-state index contributed by atoms with van der Waals surface area (Å²) in [6.45, 7) is 0.932. The van der Waals surface area contributed by atoms with Crippen LogP contribution >= 0.6 is 0 Å². The molecule has 0 unspecified atom stereocenters. The average Bonchev–Trinajstić information content (AvgIpc) is 3.26. The molecule has 0 aliphatic rings. The number of nitrogen functional groups attached to an aromatic ring is 1. The maximum atomic E-state index is 14.0. The van der Waals surface area contributed by atoms with Crippen molar-refractivity contribution >= 4 is 34.3 Å². The summed E-state index contributed by atoms with van der Waals surface area (Å²) in [6, 6.07) is 9.84. The van der Waals surface area contributed by atoms with E-state index in [2.05, 4.69) is 30.6 Å². The number of alkyl halides is 2. The van der Waals surface area contributed by atoms with Gasteiger partial charge in [0.2, 0.25) is 0 Å². The number of carbonyl (C=O) groups is 1. The number of benzene rings is 1. The van der Waals surface area contributed by atoms with E-state index in [9.17, 15) is 18.0 Å². The average molecular weight is 533 g/mol. The van der Waals surface area contributed by atoms with Crippen molar-refractivity contribution in [2.24, 2.45) is 7.05 Å². The first-order valence-electron chi connectivity index (χ1n) is 11.8. The van der Waals surface area contributed by atoms with E-state index in [4.69, 9.17) is 5.73 Å². The number of anilines is 3. The van der Waals surface area contributed by atoms with E-state index < -0.39 is 23.2 Å². The van der Waals surface area contributed by atoms with Crippen LogP contribution in [0.2, 0.25) is 0 Å². The third kappa shape index (κ3) is 5.35. The molecule has 9 nitrogen and oxygen atoms in total. The highest BCUT2D eigenvalue weighted by atomic mass is 19.3. The number of carbonyl (C=O) groups excluding carboxylic acids is 1. The van der Waals surface area contributed by atoms with Crippen molar-refractivity contribution in [1.29, 1.82) is 0 Å². The molecule has 4 aromatic heterocycles. The van der Waals surface area contributed by atoms with Crippen LogP contribution in [0, 0.1) is 5.82 Å². The third-order valence-corrected chi connectivity index (χ3v) is 6.08. The molecule has 0 aliphatic carbocycles. The smallest absolute Gasteiger partial charge is 0.272 e. The molecule has 4 heterocycles. The van der Waals surface area contributed by atoms with Gasteiger partial charge < -0.3 is 20.9 Å². The first kappa shape index (κ1) is 25.6. The molecule has 1 amide bonds. The van der Waals surface area contributed by atoms with Gasteiger partial charge in [0, 0.05) is 55.9 Å². The van der Waals surface area contributed by atoms with Gasteiger partial charge in [-0.05, 0) is 42.0 Å². The molecule has 0 spiro atoms. The number of hydrogen-bond donors (Lipinski definition) is 3. The molecule has 0 aliphatic heterocycles. The van der Waals surface area contributed by atoms with Crippen LogP contribution in [0.1, 0.15) is 28.4 Å². The minimum Gasteiger partial charge on any atom is -0.383 e. The second-order valence-electron chi connectivity index (χ2n) is 8.99. The Bertz CT molecular complexity index is 1660. The monoisotopic (exact) mass is 532 g/mol. The van der Waals surface area contributed by atoms with Gasteiger partial charge in [-0.25, -0.2) is 28.1 Å². The fraction of sp³-hybridized carbons (Fsp3) is 0.148. The highest BCUT2D eigenvalue weighted by Gasteiger charge is 2.27. The van der Waals surface area contributed by atoms with Crippen LogP contribution in [-0.2, 0) is 19.5 Å². The van der Waals surface area contributed by atoms with Crippen molar-refractivity contribution in [3.63, 3.8) is 0 Å². The summed E-state index contributed by atoms with van der Waals surface area (Å²) in [5, 5.41) is 6.31. The topological polar surface area (TPSA) is 124 Å². The van der Waals surface area contributed by atoms with Crippen LogP contribution in [0.3, 0.4) is 0 Å². The van der Waals surface area contributed by atoms with Crippen molar-refractivity contribution in [2.75, 3.05) is 16.4 Å². The Balaban J connectivity index is 1.38. The molecular weight excluding hydrogens is 509 g/mol. The fourth-order valence-corrected chi connectivity index (χ4v) is 4.05. The molecule has 0 atom stereocenters. The maximum Gasteiger partial charge on any atom is 0.272 e. The van der Waals surface area contributed by atoms with Crippen molar-refractivity contribution in [3.8, 4) is 11.3 Å². The molecule has 1 aromatic carbocycles. The molecule has 5 aromatic rings. The van der Waals surface area contributed by atoms with Crippen LogP contribution in [0.4, 0.5) is 30.5 Å². The molecule has 5 rings (SSSR count). The van der Waals surface area contributed by atoms with Gasteiger partial charge in [-0.3, -0.25) is 9.78 Å². The SMILES string of the molecule is Cn1cc(-c2ccc(CNc3ncc(C(C)(F)F)cc3C(=O)Nc3ccc(F)cc3)cn2)c2c(N)ncnc21. The van der Waals surface area contributed by atoms with Gasteiger partial charge in [-0.15, -0.1) is 0 Å². The molecule has 0 radical (unpaired) electrons. The summed E-state index contributed by atoms with van der Waals surface area (Å²) < 4.78 is 43.1. The minimum absolute atomic E-state index is 0.0887. The first-order valence-corrected chi connectivity index (χ1v) is 11.8. The summed E-state index contributed by atoms with van der Waals surface area (Å²) >= 11 is 0. The molecule has 4 N–H and O–H groups in total. The lowest BCUT2D eigenvalue weighted by atomic mass is 10.1. The zero-order chi connectivity index (χ0) is 27.7. The van der Waals surface area contributed by atoms with Gasteiger partial charge in [-0.2, -0.15) is 0 Å². The van der Waals surface area contributed by atoms with Crippen LogP contribution in [0.5, 0.6) is 0 Å². The summed E-state index contributed by atoms with van der Waals surface area (Å²) in [5.74, 6) is -3.90. The quantitative estimate of drug-likeness (QED) is 0.266. The minimum atomic E-state index is -3.20. The van der Waals surface area contributed by atoms with E-state index in [1.165, 1.54) is 30.6 Å². The number of amides is 1. The molecule has 0 fully saturated rings. The maximum absolute atomic E-state index is 14.0.